The van der Waals surface area contributed by atoms with Gasteiger partial charge in [-0.3, -0.25) is 9.69 Å². The molecule has 0 spiro atoms. The third-order valence-electron chi connectivity index (χ3n) is 5.84. The van der Waals surface area contributed by atoms with Crippen molar-refractivity contribution in [2.45, 2.75) is 70.9 Å². The number of carbonyl (C=O) groups excluding carboxylic acids is 2. The van der Waals surface area contributed by atoms with E-state index in [0.29, 0.717) is 18.5 Å². The van der Waals surface area contributed by atoms with E-state index in [4.69, 9.17) is 14.2 Å². The van der Waals surface area contributed by atoms with E-state index >= 15 is 0 Å². The van der Waals surface area contributed by atoms with Gasteiger partial charge in [-0.15, -0.1) is 0 Å². The molecule has 2 unspecified atom stereocenters. The molecule has 9 nitrogen and oxygen atoms in total. The summed E-state index contributed by atoms with van der Waals surface area (Å²) in [6.07, 6.45) is -0.859. The minimum absolute atomic E-state index is 0.185. The Labute approximate surface area is 200 Å². The number of methoxy groups -OCH3 is 2. The lowest BCUT2D eigenvalue weighted by Crippen LogP contribution is -2.52. The second-order valence-corrected chi connectivity index (χ2v) is 9.50. The van der Waals surface area contributed by atoms with Crippen LogP contribution in [-0.2, 0) is 19.0 Å². The Morgan fingerprint density at radius 3 is 2.32 bits per heavy atom. The molecule has 1 aliphatic rings. The van der Waals surface area contributed by atoms with Crippen LogP contribution in [0.5, 0.6) is 0 Å². The first-order valence-corrected chi connectivity index (χ1v) is 11.2. The van der Waals surface area contributed by atoms with Gasteiger partial charge in [-0.2, -0.15) is 0 Å². The maximum Gasteiger partial charge on any atom is 0.410 e. The van der Waals surface area contributed by atoms with E-state index in [-0.39, 0.29) is 17.7 Å². The molecule has 34 heavy (non-hydrogen) atoms. The maximum absolute atomic E-state index is 13.2. The lowest BCUT2D eigenvalue weighted by atomic mass is 9.94. The van der Waals surface area contributed by atoms with E-state index < -0.39 is 41.6 Å². The molecule has 0 saturated carbocycles. The van der Waals surface area contributed by atoms with Crippen LogP contribution >= 0.6 is 0 Å². The minimum Gasteiger partial charge on any atom is -0.444 e. The van der Waals surface area contributed by atoms with Crippen molar-refractivity contribution in [3.8, 4) is 0 Å². The molecule has 1 saturated heterocycles. The van der Waals surface area contributed by atoms with E-state index in [2.05, 4.69) is 10.5 Å². The Morgan fingerprint density at radius 2 is 1.82 bits per heavy atom. The molecule has 2 amide bonds. The number of hydrogen-bond donors (Lipinski definition) is 2. The number of likely N-dealkylation sites (tertiary alicyclic amines) is 1. The first-order valence-electron chi connectivity index (χ1n) is 11.2. The van der Waals surface area contributed by atoms with Crippen molar-refractivity contribution in [3.05, 3.63) is 35.6 Å². The van der Waals surface area contributed by atoms with Gasteiger partial charge in [0.1, 0.15) is 17.1 Å². The van der Waals surface area contributed by atoms with Crippen LogP contribution in [0.1, 0.15) is 46.6 Å². The number of nitrogens with zero attached hydrogens (tertiary/aromatic N) is 2. The van der Waals surface area contributed by atoms with Crippen LogP contribution in [0.3, 0.4) is 0 Å². The average molecular weight is 482 g/mol. The summed E-state index contributed by atoms with van der Waals surface area (Å²) in [5, 5.41) is 15.6. The van der Waals surface area contributed by atoms with Gasteiger partial charge in [0.05, 0.1) is 36.8 Å². The lowest BCUT2D eigenvalue weighted by molar-refractivity contribution is -0.131. The number of amides is 2. The fraction of sp³-hybridized carbons (Fsp3) is 0.625. The fourth-order valence-electron chi connectivity index (χ4n) is 4.11. The van der Waals surface area contributed by atoms with Gasteiger partial charge < -0.3 is 24.7 Å². The van der Waals surface area contributed by atoms with Crippen LogP contribution in [0, 0.1) is 11.7 Å². The van der Waals surface area contributed by atoms with Gasteiger partial charge in [0.25, 0.3) is 0 Å². The third-order valence-corrected chi connectivity index (χ3v) is 5.84. The van der Waals surface area contributed by atoms with E-state index in [1.807, 2.05) is 0 Å². The molecule has 0 radical (unpaired) electrons. The van der Waals surface area contributed by atoms with Gasteiger partial charge in [-0.05, 0) is 46.2 Å². The Hall–Kier alpha value is -2.72. The monoisotopic (exact) mass is 481 g/mol. The van der Waals surface area contributed by atoms with Crippen molar-refractivity contribution < 1.29 is 33.4 Å². The Morgan fingerprint density at radius 1 is 1.21 bits per heavy atom. The van der Waals surface area contributed by atoms with E-state index in [9.17, 15) is 19.2 Å². The largest absolute Gasteiger partial charge is 0.444 e. The summed E-state index contributed by atoms with van der Waals surface area (Å²) in [6, 6.07) is 4.32. The predicted molar refractivity (Wildman–Crippen MR) is 124 cm³/mol. The van der Waals surface area contributed by atoms with Crippen molar-refractivity contribution >= 4 is 17.7 Å². The van der Waals surface area contributed by atoms with Gasteiger partial charge >= 0.3 is 6.09 Å². The molecule has 1 heterocycles. The highest BCUT2D eigenvalue weighted by molar-refractivity contribution is 6.05. The number of benzene rings is 1. The zero-order valence-electron chi connectivity index (χ0n) is 20.9. The lowest BCUT2D eigenvalue weighted by Gasteiger charge is -2.34. The number of hydrogen-bond acceptors (Lipinski definition) is 7. The minimum atomic E-state index is -0.672. The first-order chi connectivity index (χ1) is 15.9. The Balaban J connectivity index is 2.16. The maximum atomic E-state index is 13.2. The molecule has 1 aromatic rings. The van der Waals surface area contributed by atoms with Crippen molar-refractivity contribution in [1.82, 2.24) is 10.2 Å². The number of ether oxygens (including phenoxy) is 3. The van der Waals surface area contributed by atoms with Gasteiger partial charge in [-0.1, -0.05) is 24.2 Å². The van der Waals surface area contributed by atoms with Crippen molar-refractivity contribution in [3.63, 3.8) is 0 Å². The van der Waals surface area contributed by atoms with Gasteiger partial charge in [0.15, 0.2) is 0 Å². The normalized spacial score (nSPS) is 21.6. The highest BCUT2D eigenvalue weighted by Crippen LogP contribution is 2.29. The predicted octanol–water partition coefficient (Wildman–Crippen LogP) is 3.18. The van der Waals surface area contributed by atoms with E-state index in [1.54, 1.807) is 46.6 Å². The molecule has 0 aliphatic carbocycles. The van der Waals surface area contributed by atoms with Gasteiger partial charge in [0, 0.05) is 19.8 Å². The molecule has 2 N–H and O–H groups in total. The summed E-state index contributed by atoms with van der Waals surface area (Å²) in [6.45, 7) is 9.06. The molecule has 2 rings (SSSR count). The van der Waals surface area contributed by atoms with Gasteiger partial charge in [0.2, 0.25) is 5.91 Å². The van der Waals surface area contributed by atoms with Crippen LogP contribution in [0.4, 0.5) is 9.18 Å². The summed E-state index contributed by atoms with van der Waals surface area (Å²) in [7, 11) is 3.07. The number of rotatable bonds is 8. The summed E-state index contributed by atoms with van der Waals surface area (Å²) < 4.78 is 30.0. The van der Waals surface area contributed by atoms with Crippen molar-refractivity contribution in [1.29, 1.82) is 0 Å². The molecule has 1 aromatic carbocycles. The number of nitrogens with one attached hydrogen (secondary N) is 1. The Kier molecular flexibility index (Phi) is 9.40. The molecule has 190 valence electrons. The van der Waals surface area contributed by atoms with Crippen molar-refractivity contribution in [2.24, 2.45) is 11.1 Å². The second kappa shape index (κ2) is 11.6. The summed E-state index contributed by atoms with van der Waals surface area (Å²) >= 11 is 0. The molecular weight excluding hydrogens is 445 g/mol. The summed E-state index contributed by atoms with van der Waals surface area (Å²) in [5.41, 5.74) is -0.0126. The van der Waals surface area contributed by atoms with E-state index in [1.165, 1.54) is 31.4 Å². The topological polar surface area (TPSA) is 110 Å². The zero-order chi connectivity index (χ0) is 25.6. The second-order valence-electron chi connectivity index (χ2n) is 9.50. The van der Waals surface area contributed by atoms with Crippen LogP contribution in [0.25, 0.3) is 0 Å². The van der Waals surface area contributed by atoms with Crippen LogP contribution in [0.15, 0.2) is 29.4 Å². The molecule has 5 atom stereocenters. The SMILES string of the molecule is COC1CC([C@H](OC)[C@@H](C)C(=O)N[C@H](C)/C(=N\O)c2ccc(F)cc2)N(C(=O)OC(C)(C)C)C1. The summed E-state index contributed by atoms with van der Waals surface area (Å²) in [5.74, 6) is -1.44. The number of halogens is 1. The zero-order valence-corrected chi connectivity index (χ0v) is 20.9. The van der Waals surface area contributed by atoms with Crippen LogP contribution in [-0.4, -0.2) is 78.5 Å². The molecule has 0 bridgehead atoms. The Bertz CT molecular complexity index is 870. The summed E-state index contributed by atoms with van der Waals surface area (Å²) in [4.78, 5) is 27.5. The smallest absolute Gasteiger partial charge is 0.410 e. The number of carbonyl (C=O) groups is 2. The van der Waals surface area contributed by atoms with Crippen molar-refractivity contribution in [2.75, 3.05) is 20.8 Å². The third kappa shape index (κ3) is 6.89. The standard InChI is InChI=1S/C24H36FN3O6/c1-14(22(29)26-15(2)20(27-31)16-8-10-17(25)11-9-16)21(33-7)19-12-18(32-6)13-28(19)23(30)34-24(3,4)5/h8-11,14-15,18-19,21,31H,12-13H2,1-7H3,(H,26,29)/b27-20+/t14-,15-,18?,19?,21-/m1/s1. The quantitative estimate of drug-likeness (QED) is 0.335. The molecule has 0 aromatic heterocycles. The van der Waals surface area contributed by atoms with Crippen LogP contribution < -0.4 is 5.32 Å². The fourth-order valence-corrected chi connectivity index (χ4v) is 4.11. The highest BCUT2D eigenvalue weighted by Gasteiger charge is 2.45. The molecule has 1 aliphatic heterocycles. The van der Waals surface area contributed by atoms with Crippen LogP contribution in [0.2, 0.25) is 0 Å². The van der Waals surface area contributed by atoms with E-state index in [0.717, 1.165) is 0 Å². The molecule has 10 heteroatoms. The highest BCUT2D eigenvalue weighted by atomic mass is 19.1. The van der Waals surface area contributed by atoms with Gasteiger partial charge in [-0.25, -0.2) is 9.18 Å². The molecule has 1 fully saturated rings. The molecular formula is C24H36FN3O6. The first kappa shape index (κ1) is 27.5. The average Bonchev–Trinajstić information content (AvgIpc) is 3.19. The number of oxime groups is 1.